The molecule has 0 saturated heterocycles. The van der Waals surface area contributed by atoms with Crippen molar-refractivity contribution in [3.8, 4) is 11.5 Å². The summed E-state index contributed by atoms with van der Waals surface area (Å²) in [6, 6.07) is 13.6. The standard InChI is InChI=1S/C17H20ClNO2/c1-12(19)9-14-5-8-16(17(10-14)20-2)21-11-13-3-6-15(18)7-4-13/h3-8,10,12H,9,11,19H2,1-2H3. The van der Waals surface area contributed by atoms with E-state index < -0.39 is 0 Å². The minimum Gasteiger partial charge on any atom is -0.493 e. The highest BCUT2D eigenvalue weighted by Gasteiger charge is 2.07. The van der Waals surface area contributed by atoms with Gasteiger partial charge in [-0.2, -0.15) is 0 Å². The normalized spacial score (nSPS) is 12.0. The third-order valence-electron chi connectivity index (χ3n) is 3.09. The van der Waals surface area contributed by atoms with Crippen LogP contribution in [0, 0.1) is 0 Å². The monoisotopic (exact) mass is 305 g/mol. The van der Waals surface area contributed by atoms with Gasteiger partial charge in [-0.15, -0.1) is 0 Å². The number of rotatable bonds is 6. The molecular weight excluding hydrogens is 286 g/mol. The number of ether oxygens (including phenoxy) is 2. The zero-order chi connectivity index (χ0) is 15.2. The van der Waals surface area contributed by atoms with Crippen LogP contribution in [0.3, 0.4) is 0 Å². The van der Waals surface area contributed by atoms with Crippen LogP contribution >= 0.6 is 11.6 Å². The fraction of sp³-hybridized carbons (Fsp3) is 0.294. The molecule has 0 aromatic heterocycles. The highest BCUT2D eigenvalue weighted by molar-refractivity contribution is 6.30. The van der Waals surface area contributed by atoms with Crippen LogP contribution in [0.1, 0.15) is 18.1 Å². The first-order valence-corrected chi connectivity index (χ1v) is 7.26. The van der Waals surface area contributed by atoms with Gasteiger partial charge in [-0.3, -0.25) is 0 Å². The van der Waals surface area contributed by atoms with Gasteiger partial charge in [0.05, 0.1) is 7.11 Å². The van der Waals surface area contributed by atoms with E-state index in [1.54, 1.807) is 7.11 Å². The van der Waals surface area contributed by atoms with Crippen molar-refractivity contribution in [2.75, 3.05) is 7.11 Å². The molecule has 2 rings (SSSR count). The second-order valence-corrected chi connectivity index (χ2v) is 5.52. The average molecular weight is 306 g/mol. The van der Waals surface area contributed by atoms with Gasteiger partial charge in [0, 0.05) is 11.1 Å². The van der Waals surface area contributed by atoms with Gasteiger partial charge >= 0.3 is 0 Å². The van der Waals surface area contributed by atoms with Crippen LogP contribution in [-0.2, 0) is 13.0 Å². The molecule has 0 fully saturated rings. The third-order valence-corrected chi connectivity index (χ3v) is 3.35. The first kappa shape index (κ1) is 15.7. The molecule has 0 heterocycles. The van der Waals surface area contributed by atoms with Crippen molar-refractivity contribution in [1.82, 2.24) is 0 Å². The Morgan fingerprint density at radius 1 is 1.05 bits per heavy atom. The maximum Gasteiger partial charge on any atom is 0.161 e. The largest absolute Gasteiger partial charge is 0.493 e. The Balaban J connectivity index is 2.07. The summed E-state index contributed by atoms with van der Waals surface area (Å²) in [4.78, 5) is 0. The van der Waals surface area contributed by atoms with Gasteiger partial charge in [0.15, 0.2) is 11.5 Å². The second-order valence-electron chi connectivity index (χ2n) is 5.08. The van der Waals surface area contributed by atoms with E-state index in [1.165, 1.54) is 0 Å². The van der Waals surface area contributed by atoms with Crippen molar-refractivity contribution in [3.05, 3.63) is 58.6 Å². The van der Waals surface area contributed by atoms with E-state index in [0.717, 1.165) is 34.1 Å². The van der Waals surface area contributed by atoms with Gasteiger partial charge in [0.2, 0.25) is 0 Å². The lowest BCUT2D eigenvalue weighted by molar-refractivity contribution is 0.284. The summed E-state index contributed by atoms with van der Waals surface area (Å²) >= 11 is 5.86. The number of hydrogen-bond donors (Lipinski definition) is 1. The molecule has 21 heavy (non-hydrogen) atoms. The lowest BCUT2D eigenvalue weighted by atomic mass is 10.1. The molecule has 2 N–H and O–H groups in total. The van der Waals surface area contributed by atoms with Crippen molar-refractivity contribution >= 4 is 11.6 Å². The molecule has 3 nitrogen and oxygen atoms in total. The summed E-state index contributed by atoms with van der Waals surface area (Å²) < 4.78 is 11.2. The van der Waals surface area contributed by atoms with Crippen LogP contribution < -0.4 is 15.2 Å². The molecule has 0 radical (unpaired) electrons. The van der Waals surface area contributed by atoms with E-state index in [1.807, 2.05) is 49.4 Å². The van der Waals surface area contributed by atoms with Crippen LogP contribution in [0.25, 0.3) is 0 Å². The third kappa shape index (κ3) is 4.66. The summed E-state index contributed by atoms with van der Waals surface area (Å²) in [5.41, 5.74) is 8.01. The van der Waals surface area contributed by atoms with Crippen LogP contribution in [0.5, 0.6) is 11.5 Å². The van der Waals surface area contributed by atoms with Crippen molar-refractivity contribution < 1.29 is 9.47 Å². The highest BCUT2D eigenvalue weighted by Crippen LogP contribution is 2.29. The van der Waals surface area contributed by atoms with E-state index >= 15 is 0 Å². The minimum absolute atomic E-state index is 0.121. The van der Waals surface area contributed by atoms with Gasteiger partial charge in [-0.1, -0.05) is 29.8 Å². The molecule has 0 spiro atoms. The fourth-order valence-corrected chi connectivity index (χ4v) is 2.20. The number of nitrogens with two attached hydrogens (primary N) is 1. The van der Waals surface area contributed by atoms with Crippen LogP contribution in [-0.4, -0.2) is 13.2 Å². The summed E-state index contributed by atoms with van der Waals surface area (Å²) in [6.45, 7) is 2.46. The van der Waals surface area contributed by atoms with E-state index in [4.69, 9.17) is 26.8 Å². The number of hydrogen-bond acceptors (Lipinski definition) is 3. The summed E-state index contributed by atoms with van der Waals surface area (Å²) in [5.74, 6) is 1.45. The molecule has 2 aromatic carbocycles. The lowest BCUT2D eigenvalue weighted by Gasteiger charge is -2.13. The van der Waals surface area contributed by atoms with E-state index in [9.17, 15) is 0 Å². The number of methoxy groups -OCH3 is 1. The second kappa shape index (κ2) is 7.34. The Morgan fingerprint density at radius 2 is 1.71 bits per heavy atom. The molecule has 0 aliphatic rings. The Bertz CT molecular complexity index is 582. The number of halogens is 1. The van der Waals surface area contributed by atoms with Crippen LogP contribution in [0.4, 0.5) is 0 Å². The van der Waals surface area contributed by atoms with Crippen molar-refractivity contribution in [1.29, 1.82) is 0 Å². The predicted octanol–water partition coefficient (Wildman–Crippen LogP) is 3.82. The van der Waals surface area contributed by atoms with Gasteiger partial charge in [-0.25, -0.2) is 0 Å². The molecule has 0 aliphatic carbocycles. The zero-order valence-corrected chi connectivity index (χ0v) is 13.1. The molecule has 4 heteroatoms. The smallest absolute Gasteiger partial charge is 0.161 e. The summed E-state index contributed by atoms with van der Waals surface area (Å²) in [6.07, 6.45) is 0.813. The van der Waals surface area contributed by atoms with E-state index in [2.05, 4.69) is 0 Å². The molecule has 0 saturated carbocycles. The van der Waals surface area contributed by atoms with Gasteiger partial charge in [0.1, 0.15) is 6.61 Å². The molecule has 0 aliphatic heterocycles. The molecule has 0 amide bonds. The first-order valence-electron chi connectivity index (χ1n) is 6.88. The molecular formula is C17H20ClNO2. The fourth-order valence-electron chi connectivity index (χ4n) is 2.07. The molecule has 0 bridgehead atoms. The quantitative estimate of drug-likeness (QED) is 0.882. The Labute approximate surface area is 130 Å². The maximum absolute atomic E-state index is 5.86. The first-order chi connectivity index (χ1) is 10.1. The van der Waals surface area contributed by atoms with Crippen molar-refractivity contribution in [2.45, 2.75) is 26.0 Å². The molecule has 1 atom stereocenters. The lowest BCUT2D eigenvalue weighted by Crippen LogP contribution is -2.17. The Morgan fingerprint density at radius 3 is 2.33 bits per heavy atom. The van der Waals surface area contributed by atoms with Crippen molar-refractivity contribution in [3.63, 3.8) is 0 Å². The Hall–Kier alpha value is -1.71. The molecule has 112 valence electrons. The van der Waals surface area contributed by atoms with E-state index in [0.29, 0.717) is 6.61 Å². The molecule has 2 aromatic rings. The maximum atomic E-state index is 5.86. The van der Waals surface area contributed by atoms with Gasteiger partial charge in [0.25, 0.3) is 0 Å². The number of benzene rings is 2. The summed E-state index contributed by atoms with van der Waals surface area (Å²) in [5, 5.41) is 0.719. The van der Waals surface area contributed by atoms with Crippen molar-refractivity contribution in [2.24, 2.45) is 5.73 Å². The average Bonchev–Trinajstić information content (AvgIpc) is 2.47. The predicted molar refractivity (Wildman–Crippen MR) is 86.1 cm³/mol. The SMILES string of the molecule is COc1cc(CC(C)N)ccc1OCc1ccc(Cl)cc1. The minimum atomic E-state index is 0.121. The summed E-state index contributed by atoms with van der Waals surface area (Å²) in [7, 11) is 1.64. The van der Waals surface area contributed by atoms with Gasteiger partial charge in [-0.05, 0) is 48.7 Å². The van der Waals surface area contributed by atoms with Crippen LogP contribution in [0.2, 0.25) is 5.02 Å². The molecule has 1 unspecified atom stereocenters. The topological polar surface area (TPSA) is 44.5 Å². The Kier molecular flexibility index (Phi) is 5.48. The highest BCUT2D eigenvalue weighted by atomic mass is 35.5. The van der Waals surface area contributed by atoms with E-state index in [-0.39, 0.29) is 6.04 Å². The zero-order valence-electron chi connectivity index (χ0n) is 12.3. The van der Waals surface area contributed by atoms with Crippen LogP contribution in [0.15, 0.2) is 42.5 Å². The van der Waals surface area contributed by atoms with Gasteiger partial charge < -0.3 is 15.2 Å².